The molecule has 2 aliphatic heterocycles. The number of β-amino-alcohol motifs (C(OH)–C–C–N with tert-alkyl or cyclic N) is 1. The number of nitrogens with zero attached hydrogens (tertiary/aromatic N) is 2. The third-order valence-corrected chi connectivity index (χ3v) is 8.86. The van der Waals surface area contributed by atoms with Crippen molar-refractivity contribution >= 4 is 11.8 Å². The molecule has 7 N–H and O–H groups in total. The van der Waals surface area contributed by atoms with Gasteiger partial charge in [-0.2, -0.15) is 0 Å². The van der Waals surface area contributed by atoms with E-state index in [0.29, 0.717) is 57.5 Å². The van der Waals surface area contributed by atoms with Crippen molar-refractivity contribution in [3.8, 4) is 11.5 Å². The molecular weight excluding hydrogens is 610 g/mol. The molecule has 5 atom stereocenters. The van der Waals surface area contributed by atoms with Crippen LogP contribution in [0.15, 0.2) is 36.4 Å². The zero-order valence-electron chi connectivity index (χ0n) is 27.3. The first-order valence-electron chi connectivity index (χ1n) is 16.1. The van der Waals surface area contributed by atoms with E-state index in [2.05, 4.69) is 16.3 Å². The number of carbonyl (C=O) groups excluding carboxylic acids is 2. The highest BCUT2D eigenvalue weighted by molar-refractivity contribution is 5.90. The Morgan fingerprint density at radius 3 is 2.34 bits per heavy atom. The average molecular weight is 660 g/mol. The first-order chi connectivity index (χ1) is 22.3. The molecule has 2 aromatic rings. The highest BCUT2D eigenvalue weighted by atomic mass is 16.7. The fraction of sp³-hybridized carbons (Fsp3) is 0.588. The lowest BCUT2D eigenvalue weighted by Crippen LogP contribution is -2.60. The summed E-state index contributed by atoms with van der Waals surface area (Å²) in [5.41, 5.74) is 2.70. The Balaban J connectivity index is 1.30. The summed E-state index contributed by atoms with van der Waals surface area (Å²) in [6, 6.07) is 10.6. The van der Waals surface area contributed by atoms with Gasteiger partial charge < -0.3 is 50.3 Å². The third kappa shape index (κ3) is 9.41. The second-order valence-electron chi connectivity index (χ2n) is 12.9. The summed E-state index contributed by atoms with van der Waals surface area (Å²) in [5.74, 6) is -0.158. The van der Waals surface area contributed by atoms with E-state index in [0.717, 1.165) is 16.7 Å². The van der Waals surface area contributed by atoms with Crippen LogP contribution in [0.25, 0.3) is 0 Å². The molecule has 260 valence electrons. The second kappa shape index (κ2) is 16.2. The largest absolute Gasteiger partial charge is 0.508 e. The lowest BCUT2D eigenvalue weighted by atomic mass is 9.96. The molecule has 0 bridgehead atoms. The molecule has 47 heavy (non-hydrogen) atoms. The van der Waals surface area contributed by atoms with Crippen LogP contribution in [0.3, 0.4) is 0 Å². The van der Waals surface area contributed by atoms with Gasteiger partial charge in [-0.05, 0) is 61.9 Å². The van der Waals surface area contributed by atoms with Crippen LogP contribution in [-0.4, -0.2) is 134 Å². The fourth-order valence-corrected chi connectivity index (χ4v) is 6.03. The van der Waals surface area contributed by atoms with Gasteiger partial charge in [0.15, 0.2) is 0 Å². The Morgan fingerprint density at radius 2 is 1.68 bits per heavy atom. The van der Waals surface area contributed by atoms with E-state index in [-0.39, 0.29) is 36.3 Å². The number of rotatable bonds is 13. The van der Waals surface area contributed by atoms with Crippen LogP contribution in [0.5, 0.6) is 11.5 Å². The molecule has 0 aliphatic carbocycles. The van der Waals surface area contributed by atoms with Crippen molar-refractivity contribution in [1.29, 1.82) is 0 Å². The normalized spacial score (nSPS) is 23.8. The minimum Gasteiger partial charge on any atom is -0.508 e. The van der Waals surface area contributed by atoms with E-state index in [9.17, 15) is 35.1 Å². The number of benzene rings is 2. The summed E-state index contributed by atoms with van der Waals surface area (Å²) in [4.78, 5) is 29.7. The van der Waals surface area contributed by atoms with Gasteiger partial charge in [0, 0.05) is 51.6 Å². The van der Waals surface area contributed by atoms with Crippen LogP contribution in [0, 0.1) is 6.92 Å². The molecule has 13 heteroatoms. The number of aromatic hydroxyl groups is 1. The molecule has 0 aromatic heterocycles. The molecule has 2 saturated heterocycles. The van der Waals surface area contributed by atoms with Gasteiger partial charge in [0.25, 0.3) is 0 Å². The third-order valence-electron chi connectivity index (χ3n) is 8.86. The van der Waals surface area contributed by atoms with Crippen molar-refractivity contribution in [2.24, 2.45) is 0 Å². The van der Waals surface area contributed by atoms with Crippen LogP contribution in [0.1, 0.15) is 48.9 Å². The number of ether oxygens (including phenoxy) is 2. The van der Waals surface area contributed by atoms with Gasteiger partial charge in [0.05, 0.1) is 13.2 Å². The number of aliphatic hydroxyl groups excluding tert-OH is 5. The fourth-order valence-electron chi connectivity index (χ4n) is 6.03. The summed E-state index contributed by atoms with van der Waals surface area (Å²) in [6.07, 6.45) is -5.25. The number of phenols is 1. The van der Waals surface area contributed by atoms with Gasteiger partial charge in [0.2, 0.25) is 18.1 Å². The van der Waals surface area contributed by atoms with Crippen molar-refractivity contribution in [2.75, 3.05) is 45.9 Å². The van der Waals surface area contributed by atoms with Gasteiger partial charge in [-0.25, -0.2) is 0 Å². The average Bonchev–Trinajstić information content (AvgIpc) is 3.03. The van der Waals surface area contributed by atoms with Crippen LogP contribution in [0.4, 0.5) is 0 Å². The SMILES string of the molecule is Cc1cc(CCCC(=O)NC(C)(C)C(=O)N2CCN(CCO)CC2)ccc1Cc1ccc(O)cc1O[C@@H]1O[C@H](CO)[C@@H](O)[C@H](O)[C@H]1O. The number of carbonyl (C=O) groups is 2. The summed E-state index contributed by atoms with van der Waals surface area (Å²) in [6.45, 7) is 8.03. The number of hydrogen-bond acceptors (Lipinski definition) is 11. The van der Waals surface area contributed by atoms with E-state index >= 15 is 0 Å². The molecule has 2 heterocycles. The molecule has 2 amide bonds. The first kappa shape index (κ1) is 36.5. The van der Waals surface area contributed by atoms with E-state index < -0.39 is 42.9 Å². The Hall–Kier alpha value is -3.30. The molecule has 0 spiro atoms. The molecule has 2 aromatic carbocycles. The minimum absolute atomic E-state index is 0.0747. The summed E-state index contributed by atoms with van der Waals surface area (Å²) < 4.78 is 11.3. The molecule has 0 radical (unpaired) electrons. The zero-order valence-corrected chi connectivity index (χ0v) is 27.3. The summed E-state index contributed by atoms with van der Waals surface area (Å²) in [7, 11) is 0. The summed E-state index contributed by atoms with van der Waals surface area (Å²) in [5, 5.41) is 62.3. The van der Waals surface area contributed by atoms with E-state index in [1.807, 2.05) is 19.1 Å². The predicted octanol–water partition coefficient (Wildman–Crippen LogP) is -0.176. The highest BCUT2D eigenvalue weighted by Gasteiger charge is 2.45. The van der Waals surface area contributed by atoms with Gasteiger partial charge in [0.1, 0.15) is 41.5 Å². The monoisotopic (exact) mass is 659 g/mol. The number of nitrogens with one attached hydrogen (secondary N) is 1. The Kier molecular flexibility index (Phi) is 12.6. The van der Waals surface area contributed by atoms with Gasteiger partial charge in [-0.3, -0.25) is 14.5 Å². The van der Waals surface area contributed by atoms with Crippen molar-refractivity contribution in [1.82, 2.24) is 15.1 Å². The molecule has 0 unspecified atom stereocenters. The summed E-state index contributed by atoms with van der Waals surface area (Å²) >= 11 is 0. The number of hydrogen-bond donors (Lipinski definition) is 7. The number of aliphatic hydroxyl groups is 5. The molecular formula is C34H49N3O10. The van der Waals surface area contributed by atoms with Gasteiger partial charge >= 0.3 is 0 Å². The maximum atomic E-state index is 13.1. The Bertz CT molecular complexity index is 1360. The van der Waals surface area contributed by atoms with Crippen LogP contribution in [-0.2, 0) is 27.2 Å². The van der Waals surface area contributed by atoms with Crippen LogP contribution < -0.4 is 10.1 Å². The Morgan fingerprint density at radius 1 is 0.979 bits per heavy atom. The quantitative estimate of drug-likeness (QED) is 0.151. The van der Waals surface area contributed by atoms with Crippen molar-refractivity contribution in [3.63, 3.8) is 0 Å². The van der Waals surface area contributed by atoms with E-state index in [1.54, 1.807) is 24.8 Å². The molecule has 13 nitrogen and oxygen atoms in total. The van der Waals surface area contributed by atoms with Crippen molar-refractivity contribution < 1.29 is 49.7 Å². The standard InChI is InChI=1S/C34H49N3O10/c1-21-17-22(5-4-6-28(41)35-34(2,3)33(45)37-13-11-36(12-14-37)15-16-38)7-8-23(21)18-24-9-10-25(40)19-26(24)46-32-31(44)30(43)29(42)27(20-39)47-32/h7-10,17,19,27,29-32,38-40,42-44H,4-6,11-16,18,20H2,1-3H3,(H,35,41)/t27-,29-,30+,31-,32-/m1/s1. The van der Waals surface area contributed by atoms with E-state index in [1.165, 1.54) is 12.1 Å². The van der Waals surface area contributed by atoms with Crippen LogP contribution >= 0.6 is 0 Å². The predicted molar refractivity (Wildman–Crippen MR) is 172 cm³/mol. The van der Waals surface area contributed by atoms with Gasteiger partial charge in [-0.15, -0.1) is 0 Å². The molecule has 2 aliphatic rings. The molecule has 2 fully saturated rings. The lowest BCUT2D eigenvalue weighted by Gasteiger charge is -2.39. The van der Waals surface area contributed by atoms with Gasteiger partial charge in [-0.1, -0.05) is 24.3 Å². The number of aryl methyl sites for hydroxylation is 2. The zero-order chi connectivity index (χ0) is 34.3. The number of phenolic OH excluding ortho intramolecular Hbond substituents is 1. The van der Waals surface area contributed by atoms with E-state index in [4.69, 9.17) is 14.6 Å². The highest BCUT2D eigenvalue weighted by Crippen LogP contribution is 2.31. The molecule has 4 rings (SSSR count). The number of piperazine rings is 1. The second-order valence-corrected chi connectivity index (χ2v) is 12.9. The topological polar surface area (TPSA) is 192 Å². The van der Waals surface area contributed by atoms with Crippen molar-refractivity contribution in [2.45, 2.75) is 82.7 Å². The number of amides is 2. The Labute approximate surface area is 275 Å². The van der Waals surface area contributed by atoms with Crippen LogP contribution in [0.2, 0.25) is 0 Å². The lowest BCUT2D eigenvalue weighted by molar-refractivity contribution is -0.277. The minimum atomic E-state index is -1.59. The molecule has 0 saturated carbocycles. The first-order valence-corrected chi connectivity index (χ1v) is 16.1. The van der Waals surface area contributed by atoms with Crippen molar-refractivity contribution in [3.05, 3.63) is 58.7 Å². The maximum Gasteiger partial charge on any atom is 0.247 e. The smallest absolute Gasteiger partial charge is 0.247 e. The maximum absolute atomic E-state index is 13.1.